The molecule has 0 amide bonds. The van der Waals surface area contributed by atoms with Crippen LogP contribution < -0.4 is 5.73 Å². The lowest BCUT2D eigenvalue weighted by atomic mass is 10.2. The molecule has 1 unspecified atom stereocenters. The molecule has 0 saturated heterocycles. The monoisotopic (exact) mass is 263 g/mol. The van der Waals surface area contributed by atoms with Crippen LogP contribution in [0.1, 0.15) is 21.4 Å². The third kappa shape index (κ3) is 1.92. The first-order valence-corrected chi connectivity index (χ1v) is 5.30. The van der Waals surface area contributed by atoms with Crippen LogP contribution in [0.2, 0.25) is 0 Å². The molecule has 3 N–H and O–H groups in total. The lowest BCUT2D eigenvalue weighted by Crippen LogP contribution is -2.20. The van der Waals surface area contributed by atoms with E-state index in [1.165, 1.54) is 11.3 Å². The summed E-state index contributed by atoms with van der Waals surface area (Å²) in [5.74, 6) is -0.989. The first-order chi connectivity index (χ1) is 5.95. The molecule has 0 aromatic carbocycles. The van der Waals surface area contributed by atoms with Gasteiger partial charge in [0.25, 0.3) is 0 Å². The second-order valence-electron chi connectivity index (χ2n) is 2.78. The van der Waals surface area contributed by atoms with Crippen LogP contribution in [0.15, 0.2) is 4.47 Å². The SMILES string of the molecule is Cc1sc(C(N)C(=O)O)c(C)c1Br. The molecule has 0 aliphatic carbocycles. The van der Waals surface area contributed by atoms with Gasteiger partial charge in [-0.25, -0.2) is 0 Å². The second kappa shape index (κ2) is 3.77. The zero-order valence-electron chi connectivity index (χ0n) is 7.30. The van der Waals surface area contributed by atoms with Gasteiger partial charge in [-0.3, -0.25) is 4.79 Å². The van der Waals surface area contributed by atoms with Crippen molar-refractivity contribution in [2.24, 2.45) is 5.73 Å². The Bertz CT molecular complexity index is 348. The van der Waals surface area contributed by atoms with E-state index >= 15 is 0 Å². The first kappa shape index (κ1) is 10.7. The molecule has 0 radical (unpaired) electrons. The molecule has 13 heavy (non-hydrogen) atoms. The lowest BCUT2D eigenvalue weighted by Gasteiger charge is -2.04. The third-order valence-corrected chi connectivity index (χ3v) is 4.56. The molecule has 0 bridgehead atoms. The predicted octanol–water partition coefficient (Wildman–Crippen LogP) is 2.21. The highest BCUT2D eigenvalue weighted by Gasteiger charge is 2.21. The normalized spacial score (nSPS) is 12.9. The number of carboxylic acid groups (broad SMARTS) is 1. The number of aliphatic carboxylic acids is 1. The van der Waals surface area contributed by atoms with Crippen molar-refractivity contribution >= 4 is 33.2 Å². The molecule has 1 heterocycles. The van der Waals surface area contributed by atoms with E-state index in [1.807, 2.05) is 13.8 Å². The van der Waals surface area contributed by atoms with Gasteiger partial charge in [-0.1, -0.05) is 0 Å². The van der Waals surface area contributed by atoms with Gasteiger partial charge in [0.1, 0.15) is 6.04 Å². The van der Waals surface area contributed by atoms with Crippen LogP contribution in [0.5, 0.6) is 0 Å². The van der Waals surface area contributed by atoms with Gasteiger partial charge >= 0.3 is 5.97 Å². The molecule has 72 valence electrons. The van der Waals surface area contributed by atoms with Crippen molar-refractivity contribution in [1.82, 2.24) is 0 Å². The third-order valence-electron chi connectivity index (χ3n) is 1.82. The van der Waals surface area contributed by atoms with Gasteiger partial charge in [0.05, 0.1) is 0 Å². The van der Waals surface area contributed by atoms with Crippen LogP contribution in [-0.2, 0) is 4.79 Å². The maximum absolute atomic E-state index is 10.6. The maximum atomic E-state index is 10.6. The van der Waals surface area contributed by atoms with Gasteiger partial charge in [-0.05, 0) is 35.3 Å². The Balaban J connectivity index is 3.15. The average Bonchev–Trinajstić information content (AvgIpc) is 2.31. The van der Waals surface area contributed by atoms with Gasteiger partial charge in [0.15, 0.2) is 0 Å². The number of rotatable bonds is 2. The standard InChI is InChI=1S/C8H10BrNO2S/c1-3-5(9)4(2)13-7(3)6(10)8(11)12/h6H,10H2,1-2H3,(H,11,12). The fourth-order valence-corrected chi connectivity index (χ4v) is 2.71. The highest BCUT2D eigenvalue weighted by Crippen LogP contribution is 2.34. The summed E-state index contributed by atoms with van der Waals surface area (Å²) in [5.41, 5.74) is 6.44. The molecule has 1 atom stereocenters. The van der Waals surface area contributed by atoms with E-state index in [2.05, 4.69) is 15.9 Å². The Morgan fingerprint density at radius 3 is 2.46 bits per heavy atom. The molecular weight excluding hydrogens is 254 g/mol. The topological polar surface area (TPSA) is 63.3 Å². The highest BCUT2D eigenvalue weighted by atomic mass is 79.9. The largest absolute Gasteiger partial charge is 0.480 e. The fraction of sp³-hybridized carbons (Fsp3) is 0.375. The molecule has 0 spiro atoms. The molecule has 3 nitrogen and oxygen atoms in total. The summed E-state index contributed by atoms with van der Waals surface area (Å²) in [5, 5.41) is 8.73. The first-order valence-electron chi connectivity index (χ1n) is 3.69. The Morgan fingerprint density at radius 1 is 1.62 bits per heavy atom. The minimum atomic E-state index is -0.989. The van der Waals surface area contributed by atoms with E-state index in [-0.39, 0.29) is 0 Å². The molecule has 0 aliphatic rings. The van der Waals surface area contributed by atoms with Crippen LogP contribution in [0.3, 0.4) is 0 Å². The van der Waals surface area contributed by atoms with Crippen molar-refractivity contribution < 1.29 is 9.90 Å². The van der Waals surface area contributed by atoms with E-state index in [1.54, 1.807) is 0 Å². The number of hydrogen-bond acceptors (Lipinski definition) is 3. The van der Waals surface area contributed by atoms with Gasteiger partial charge in [0, 0.05) is 14.2 Å². The molecule has 1 rings (SSSR count). The second-order valence-corrected chi connectivity index (χ2v) is 4.83. The summed E-state index contributed by atoms with van der Waals surface area (Å²) < 4.78 is 0.962. The Morgan fingerprint density at radius 2 is 2.15 bits per heavy atom. The number of nitrogens with two attached hydrogens (primary N) is 1. The quantitative estimate of drug-likeness (QED) is 0.860. The molecule has 0 saturated carbocycles. The van der Waals surface area contributed by atoms with Crippen molar-refractivity contribution in [2.45, 2.75) is 19.9 Å². The van der Waals surface area contributed by atoms with Crippen LogP contribution in [0.25, 0.3) is 0 Å². The van der Waals surface area contributed by atoms with Gasteiger partial charge in [-0.2, -0.15) is 0 Å². The van der Waals surface area contributed by atoms with E-state index < -0.39 is 12.0 Å². The number of thiophene rings is 1. The Hall–Kier alpha value is -0.390. The average molecular weight is 264 g/mol. The van der Waals surface area contributed by atoms with Crippen LogP contribution in [0, 0.1) is 13.8 Å². The summed E-state index contributed by atoms with van der Waals surface area (Å²) in [6, 6.07) is -0.907. The van der Waals surface area contributed by atoms with Crippen molar-refractivity contribution in [3.05, 3.63) is 19.8 Å². The zero-order valence-corrected chi connectivity index (χ0v) is 9.70. The van der Waals surface area contributed by atoms with Crippen molar-refractivity contribution in [3.8, 4) is 0 Å². The van der Waals surface area contributed by atoms with Crippen LogP contribution in [-0.4, -0.2) is 11.1 Å². The fourth-order valence-electron chi connectivity index (χ4n) is 1.07. The minimum absolute atomic E-state index is 0.719. The van der Waals surface area contributed by atoms with Crippen molar-refractivity contribution in [1.29, 1.82) is 0 Å². The molecule has 0 fully saturated rings. The highest BCUT2D eigenvalue weighted by molar-refractivity contribution is 9.10. The molecule has 0 aliphatic heterocycles. The van der Waals surface area contributed by atoms with Crippen LogP contribution >= 0.6 is 27.3 Å². The van der Waals surface area contributed by atoms with Crippen molar-refractivity contribution in [2.75, 3.05) is 0 Å². The maximum Gasteiger partial charge on any atom is 0.325 e. The molecular formula is C8H10BrNO2S. The van der Waals surface area contributed by atoms with E-state index in [4.69, 9.17) is 10.8 Å². The summed E-state index contributed by atoms with van der Waals surface area (Å²) >= 11 is 4.80. The van der Waals surface area contributed by atoms with Gasteiger partial charge in [0.2, 0.25) is 0 Å². The molecule has 1 aromatic heterocycles. The van der Waals surface area contributed by atoms with Gasteiger partial charge < -0.3 is 10.8 Å². The number of hydrogen-bond donors (Lipinski definition) is 2. The lowest BCUT2D eigenvalue weighted by molar-refractivity contribution is -0.138. The number of halogens is 1. The summed E-state index contributed by atoms with van der Waals surface area (Å²) in [7, 11) is 0. The van der Waals surface area contributed by atoms with Crippen molar-refractivity contribution in [3.63, 3.8) is 0 Å². The Labute approximate surface area is 88.7 Å². The van der Waals surface area contributed by atoms with Gasteiger partial charge in [-0.15, -0.1) is 11.3 Å². The number of carboxylic acids is 1. The minimum Gasteiger partial charge on any atom is -0.480 e. The number of aryl methyl sites for hydroxylation is 1. The summed E-state index contributed by atoms with van der Waals surface area (Å²) in [6.45, 7) is 3.80. The smallest absolute Gasteiger partial charge is 0.325 e. The van der Waals surface area contributed by atoms with E-state index in [0.717, 1.165) is 19.8 Å². The van der Waals surface area contributed by atoms with E-state index in [9.17, 15) is 4.79 Å². The zero-order chi connectivity index (χ0) is 10.2. The summed E-state index contributed by atoms with van der Waals surface area (Å²) in [4.78, 5) is 12.4. The molecule has 5 heteroatoms. The Kier molecular flexibility index (Phi) is 3.10. The summed E-state index contributed by atoms with van der Waals surface area (Å²) in [6.07, 6.45) is 0. The number of carbonyl (C=O) groups is 1. The van der Waals surface area contributed by atoms with E-state index in [0.29, 0.717) is 0 Å². The van der Waals surface area contributed by atoms with Crippen LogP contribution in [0.4, 0.5) is 0 Å². The predicted molar refractivity (Wildman–Crippen MR) is 56.1 cm³/mol. The molecule has 1 aromatic rings.